The van der Waals surface area contributed by atoms with E-state index in [4.69, 9.17) is 17.3 Å². The van der Waals surface area contributed by atoms with E-state index in [1.54, 1.807) is 18.2 Å². The second-order valence-electron chi connectivity index (χ2n) is 6.82. The number of anilines is 1. The SMILES string of the molecule is CC(/C=C1\SC(=S)N(CCC(=O)Nc2cccc(C(=O)O)c2)C1=O)=C\c1ccccc1. The summed E-state index contributed by atoms with van der Waals surface area (Å²) in [5.41, 5.74) is 2.42. The van der Waals surface area contributed by atoms with Gasteiger partial charge in [-0.2, -0.15) is 0 Å². The Hall–Kier alpha value is -3.23. The van der Waals surface area contributed by atoms with Crippen molar-refractivity contribution in [3.8, 4) is 0 Å². The predicted octanol–water partition coefficient (Wildman–Crippen LogP) is 4.56. The molecule has 0 saturated carbocycles. The molecule has 0 aromatic heterocycles. The van der Waals surface area contributed by atoms with Gasteiger partial charge in [-0.25, -0.2) is 4.79 Å². The minimum absolute atomic E-state index is 0.0376. The van der Waals surface area contributed by atoms with E-state index >= 15 is 0 Å². The van der Waals surface area contributed by atoms with Crippen LogP contribution in [0.1, 0.15) is 29.3 Å². The molecule has 3 rings (SSSR count). The van der Waals surface area contributed by atoms with Crippen LogP contribution < -0.4 is 5.32 Å². The first-order valence-corrected chi connectivity index (χ1v) is 10.7. The van der Waals surface area contributed by atoms with Crippen LogP contribution >= 0.6 is 24.0 Å². The number of carboxylic acid groups (broad SMARTS) is 1. The van der Waals surface area contributed by atoms with Crippen LogP contribution in [-0.4, -0.2) is 38.7 Å². The summed E-state index contributed by atoms with van der Waals surface area (Å²) in [6.45, 7) is 2.06. The molecule has 2 amide bonds. The molecular formula is C23H20N2O4S2. The zero-order valence-electron chi connectivity index (χ0n) is 16.7. The molecule has 2 aromatic rings. The van der Waals surface area contributed by atoms with Crippen molar-refractivity contribution in [2.24, 2.45) is 0 Å². The van der Waals surface area contributed by atoms with E-state index in [1.165, 1.54) is 28.8 Å². The van der Waals surface area contributed by atoms with Gasteiger partial charge in [0.2, 0.25) is 5.91 Å². The molecule has 8 heteroatoms. The lowest BCUT2D eigenvalue weighted by molar-refractivity contribution is -0.122. The number of nitrogens with zero attached hydrogens (tertiary/aromatic N) is 1. The highest BCUT2D eigenvalue weighted by molar-refractivity contribution is 8.26. The van der Waals surface area contributed by atoms with Gasteiger partial charge in [-0.15, -0.1) is 0 Å². The third-order valence-corrected chi connectivity index (χ3v) is 5.76. The van der Waals surface area contributed by atoms with Gasteiger partial charge in [0.15, 0.2) is 0 Å². The number of aromatic carboxylic acids is 1. The third-order valence-electron chi connectivity index (χ3n) is 4.38. The maximum Gasteiger partial charge on any atom is 0.335 e. The van der Waals surface area contributed by atoms with E-state index < -0.39 is 5.97 Å². The van der Waals surface area contributed by atoms with Crippen LogP contribution in [0.15, 0.2) is 71.2 Å². The summed E-state index contributed by atoms with van der Waals surface area (Å²) < 4.78 is 0.407. The Morgan fingerprint density at radius 2 is 1.90 bits per heavy atom. The average molecular weight is 453 g/mol. The number of carboxylic acids is 1. The van der Waals surface area contributed by atoms with Crippen molar-refractivity contribution in [3.05, 3.63) is 82.3 Å². The Labute approximate surface area is 189 Å². The summed E-state index contributed by atoms with van der Waals surface area (Å²) in [5.74, 6) is -1.63. The number of benzene rings is 2. The average Bonchev–Trinajstić information content (AvgIpc) is 2.99. The molecule has 0 spiro atoms. The van der Waals surface area contributed by atoms with E-state index in [0.717, 1.165) is 11.1 Å². The van der Waals surface area contributed by atoms with Gasteiger partial charge >= 0.3 is 5.97 Å². The lowest BCUT2D eigenvalue weighted by Crippen LogP contribution is -2.31. The molecule has 6 nitrogen and oxygen atoms in total. The van der Waals surface area contributed by atoms with Gasteiger partial charge in [-0.3, -0.25) is 14.5 Å². The number of carbonyl (C=O) groups excluding carboxylic acids is 2. The van der Waals surface area contributed by atoms with Crippen LogP contribution in [0.25, 0.3) is 6.08 Å². The molecule has 0 bridgehead atoms. The number of nitrogens with one attached hydrogen (secondary N) is 1. The van der Waals surface area contributed by atoms with Crippen molar-refractivity contribution in [1.29, 1.82) is 0 Å². The number of rotatable bonds is 7. The predicted molar refractivity (Wildman–Crippen MR) is 127 cm³/mol. The summed E-state index contributed by atoms with van der Waals surface area (Å²) in [5, 5.41) is 11.7. The van der Waals surface area contributed by atoms with Crippen molar-refractivity contribution in [2.45, 2.75) is 13.3 Å². The number of thioether (sulfide) groups is 1. The Morgan fingerprint density at radius 3 is 2.61 bits per heavy atom. The molecule has 31 heavy (non-hydrogen) atoms. The highest BCUT2D eigenvalue weighted by atomic mass is 32.2. The van der Waals surface area contributed by atoms with Gasteiger partial charge < -0.3 is 10.4 Å². The molecule has 1 fully saturated rings. The van der Waals surface area contributed by atoms with Crippen molar-refractivity contribution in [2.75, 3.05) is 11.9 Å². The second-order valence-corrected chi connectivity index (χ2v) is 8.49. The highest BCUT2D eigenvalue weighted by Crippen LogP contribution is 2.32. The standard InChI is InChI=1S/C23H20N2O4S2/c1-15(12-16-6-3-2-4-7-16)13-19-21(27)25(23(30)31-19)11-10-20(26)24-18-9-5-8-17(14-18)22(28)29/h2-9,12-14H,10-11H2,1H3,(H,24,26)(H,28,29)/b15-12+,19-13-. The Balaban J connectivity index is 1.60. The fraction of sp³-hybridized carbons (Fsp3) is 0.130. The molecule has 2 N–H and O–H groups in total. The van der Waals surface area contributed by atoms with Gasteiger partial charge in [-0.1, -0.05) is 66.5 Å². The van der Waals surface area contributed by atoms with Gasteiger partial charge in [0, 0.05) is 18.7 Å². The number of thiocarbonyl (C=S) groups is 1. The number of hydrogen-bond acceptors (Lipinski definition) is 5. The molecule has 158 valence electrons. The van der Waals surface area contributed by atoms with Crippen LogP contribution in [0.3, 0.4) is 0 Å². The minimum atomic E-state index is -1.07. The molecule has 1 saturated heterocycles. The van der Waals surface area contributed by atoms with Crippen molar-refractivity contribution < 1.29 is 19.5 Å². The molecular weight excluding hydrogens is 432 g/mol. The highest BCUT2D eigenvalue weighted by Gasteiger charge is 2.32. The first-order chi connectivity index (χ1) is 14.8. The van der Waals surface area contributed by atoms with Crippen molar-refractivity contribution in [3.63, 3.8) is 0 Å². The zero-order chi connectivity index (χ0) is 22.4. The van der Waals surface area contributed by atoms with Gasteiger partial charge in [0.05, 0.1) is 10.5 Å². The lowest BCUT2D eigenvalue weighted by Gasteiger charge is -2.14. The molecule has 2 aromatic carbocycles. The molecule has 0 atom stereocenters. The minimum Gasteiger partial charge on any atom is -0.478 e. The zero-order valence-corrected chi connectivity index (χ0v) is 18.3. The Morgan fingerprint density at radius 1 is 1.16 bits per heavy atom. The van der Waals surface area contributed by atoms with Crippen LogP contribution in [0, 0.1) is 0 Å². The monoisotopic (exact) mass is 452 g/mol. The van der Waals surface area contributed by atoms with Gasteiger partial charge in [0.1, 0.15) is 4.32 Å². The van der Waals surface area contributed by atoms with Crippen LogP contribution in [0.4, 0.5) is 5.69 Å². The van der Waals surface area contributed by atoms with Crippen LogP contribution in [0.5, 0.6) is 0 Å². The van der Waals surface area contributed by atoms with Crippen LogP contribution in [0.2, 0.25) is 0 Å². The molecule has 0 radical (unpaired) electrons. The van der Waals surface area contributed by atoms with E-state index in [1.807, 2.05) is 43.3 Å². The van der Waals surface area contributed by atoms with E-state index in [2.05, 4.69) is 5.32 Å². The molecule has 1 aliphatic rings. The number of hydrogen-bond donors (Lipinski definition) is 2. The van der Waals surface area contributed by atoms with Crippen molar-refractivity contribution in [1.82, 2.24) is 4.90 Å². The quantitative estimate of drug-likeness (QED) is 0.473. The molecule has 0 unspecified atom stereocenters. The van der Waals surface area contributed by atoms with Crippen molar-refractivity contribution >= 4 is 57.8 Å². The molecule has 1 heterocycles. The smallest absolute Gasteiger partial charge is 0.335 e. The number of allylic oxidation sites excluding steroid dienone is 2. The Kier molecular flexibility index (Phi) is 7.38. The van der Waals surface area contributed by atoms with Gasteiger partial charge in [-0.05, 0) is 42.3 Å². The lowest BCUT2D eigenvalue weighted by atomic mass is 10.1. The maximum absolute atomic E-state index is 12.7. The summed E-state index contributed by atoms with van der Waals surface area (Å²) >= 11 is 6.53. The fourth-order valence-electron chi connectivity index (χ4n) is 2.92. The first-order valence-electron chi connectivity index (χ1n) is 9.45. The molecule has 0 aliphatic carbocycles. The number of carbonyl (C=O) groups is 3. The third kappa shape index (κ3) is 6.13. The topological polar surface area (TPSA) is 86.7 Å². The fourth-order valence-corrected chi connectivity index (χ4v) is 4.28. The largest absolute Gasteiger partial charge is 0.478 e. The maximum atomic E-state index is 12.7. The molecule has 1 aliphatic heterocycles. The van der Waals surface area contributed by atoms with Crippen LogP contribution in [-0.2, 0) is 9.59 Å². The van der Waals surface area contributed by atoms with Gasteiger partial charge in [0.25, 0.3) is 5.91 Å². The van der Waals surface area contributed by atoms with E-state index in [-0.39, 0.29) is 30.3 Å². The second kappa shape index (κ2) is 10.2. The normalized spacial score (nSPS) is 15.5. The van der Waals surface area contributed by atoms with E-state index in [9.17, 15) is 14.4 Å². The summed E-state index contributed by atoms with van der Waals surface area (Å²) in [4.78, 5) is 37.9. The number of amides is 2. The Bertz CT molecular complexity index is 1090. The van der Waals surface area contributed by atoms with E-state index in [0.29, 0.717) is 14.9 Å². The summed E-state index contributed by atoms with van der Waals surface area (Å²) in [7, 11) is 0. The first kappa shape index (κ1) is 22.5. The summed E-state index contributed by atoms with van der Waals surface area (Å²) in [6.07, 6.45) is 3.81. The summed E-state index contributed by atoms with van der Waals surface area (Å²) in [6, 6.07) is 15.8.